The molecule has 4 fully saturated rings. The lowest BCUT2D eigenvalue weighted by atomic mass is 9.60. The molecule has 2 N–H and O–H groups in total. The number of nitrogens with zero attached hydrogens (tertiary/aromatic N) is 2. The number of benzene rings is 1. The van der Waals surface area contributed by atoms with Gasteiger partial charge in [0.25, 0.3) is 0 Å². The maximum absolute atomic E-state index is 10.7. The van der Waals surface area contributed by atoms with Crippen LogP contribution in [0.4, 0.5) is 0 Å². The topological polar surface area (TPSA) is 46.9 Å². The zero-order valence-corrected chi connectivity index (χ0v) is 12.1. The van der Waals surface area contributed by atoms with Crippen LogP contribution in [0.2, 0.25) is 0 Å². The zero-order valence-electron chi connectivity index (χ0n) is 12.1. The van der Waals surface area contributed by atoms with Gasteiger partial charge in [-0.1, -0.05) is 26.0 Å². The molecule has 0 saturated carbocycles. The fraction of sp³-hybridized carbons (Fsp3) is 0.625. The Morgan fingerprint density at radius 3 is 1.85 bits per heavy atom. The molecule has 20 heavy (non-hydrogen) atoms. The van der Waals surface area contributed by atoms with Crippen LogP contribution in [0.1, 0.15) is 25.6 Å². The Balaban J connectivity index is 1.72. The van der Waals surface area contributed by atoms with Crippen LogP contribution in [0, 0.1) is 10.8 Å². The van der Waals surface area contributed by atoms with Crippen LogP contribution in [-0.4, -0.2) is 52.3 Å². The van der Waals surface area contributed by atoms with Gasteiger partial charge in [-0.25, -0.2) is 0 Å². The molecule has 1 aromatic rings. The van der Waals surface area contributed by atoms with Crippen molar-refractivity contribution in [3.05, 3.63) is 29.8 Å². The summed E-state index contributed by atoms with van der Waals surface area (Å²) in [6.07, 6.45) is 0.0903. The summed E-state index contributed by atoms with van der Waals surface area (Å²) in [5, 5.41) is 20.1. The van der Waals surface area contributed by atoms with E-state index < -0.39 is 0 Å². The van der Waals surface area contributed by atoms with Crippen molar-refractivity contribution in [3.63, 3.8) is 0 Å². The van der Waals surface area contributed by atoms with Crippen LogP contribution < -0.4 is 0 Å². The van der Waals surface area contributed by atoms with E-state index in [2.05, 4.69) is 23.6 Å². The third-order valence-corrected chi connectivity index (χ3v) is 5.46. The van der Waals surface area contributed by atoms with E-state index in [9.17, 15) is 10.2 Å². The molecule has 0 spiro atoms. The summed E-state index contributed by atoms with van der Waals surface area (Å²) >= 11 is 0. The van der Waals surface area contributed by atoms with Gasteiger partial charge in [-0.3, -0.25) is 9.80 Å². The molecular formula is C16H22N2O2. The van der Waals surface area contributed by atoms with Crippen LogP contribution in [0.15, 0.2) is 24.3 Å². The Bertz CT molecular complexity index is 504. The number of aliphatic hydroxyl groups is 1. The first-order valence-electron chi connectivity index (χ1n) is 7.36. The minimum atomic E-state index is -0.205. The average molecular weight is 274 g/mol. The van der Waals surface area contributed by atoms with Crippen LogP contribution in [-0.2, 0) is 0 Å². The van der Waals surface area contributed by atoms with Gasteiger partial charge in [0, 0.05) is 37.0 Å². The predicted octanol–water partition coefficient (Wildman–Crippen LogP) is 1.41. The Hall–Kier alpha value is -1.10. The van der Waals surface area contributed by atoms with Gasteiger partial charge < -0.3 is 10.2 Å². The van der Waals surface area contributed by atoms with Crippen molar-refractivity contribution in [1.29, 1.82) is 0 Å². The number of aromatic hydroxyl groups is 1. The molecule has 0 unspecified atom stereocenters. The minimum Gasteiger partial charge on any atom is -0.508 e. The second kappa shape index (κ2) is 3.75. The SMILES string of the molecule is CC12CN3CC(C)(CN(C1)C3c1ccc(O)cc1)C2O. The summed E-state index contributed by atoms with van der Waals surface area (Å²) in [7, 11) is 0. The highest BCUT2D eigenvalue weighted by molar-refractivity contribution is 5.30. The van der Waals surface area contributed by atoms with Gasteiger partial charge in [0.05, 0.1) is 12.3 Å². The van der Waals surface area contributed by atoms with Crippen LogP contribution in [0.5, 0.6) is 5.75 Å². The number of rotatable bonds is 1. The van der Waals surface area contributed by atoms with Gasteiger partial charge in [0.15, 0.2) is 0 Å². The molecule has 1 aromatic carbocycles. The lowest BCUT2D eigenvalue weighted by molar-refractivity contribution is -0.253. The van der Waals surface area contributed by atoms with E-state index >= 15 is 0 Å². The average Bonchev–Trinajstić information content (AvgIpc) is 2.36. The first-order valence-corrected chi connectivity index (χ1v) is 7.36. The molecule has 4 saturated heterocycles. The maximum Gasteiger partial charge on any atom is 0.115 e. The van der Waals surface area contributed by atoms with Gasteiger partial charge in [0.2, 0.25) is 0 Å². The summed E-state index contributed by atoms with van der Waals surface area (Å²) in [5.41, 5.74) is 1.21. The van der Waals surface area contributed by atoms with Crippen LogP contribution in [0.25, 0.3) is 0 Å². The van der Waals surface area contributed by atoms with Gasteiger partial charge in [0.1, 0.15) is 5.75 Å². The van der Waals surface area contributed by atoms with E-state index in [-0.39, 0.29) is 16.9 Å². The Morgan fingerprint density at radius 1 is 0.950 bits per heavy atom. The molecule has 0 atom stereocenters. The highest BCUT2D eigenvalue weighted by Crippen LogP contribution is 2.54. The number of hydrogen-bond acceptors (Lipinski definition) is 4. The lowest BCUT2D eigenvalue weighted by Crippen LogP contribution is -2.76. The second-order valence-electron chi connectivity index (χ2n) is 7.49. The van der Waals surface area contributed by atoms with Gasteiger partial charge in [-0.15, -0.1) is 0 Å². The molecule has 0 radical (unpaired) electrons. The van der Waals surface area contributed by atoms with Crippen molar-refractivity contribution in [3.8, 4) is 5.75 Å². The molecule has 0 aromatic heterocycles. The van der Waals surface area contributed by atoms with E-state index in [1.165, 1.54) is 5.56 Å². The van der Waals surface area contributed by atoms with E-state index in [1.54, 1.807) is 12.1 Å². The molecule has 4 heteroatoms. The molecule has 4 heterocycles. The Labute approximate surface area is 119 Å². The quantitative estimate of drug-likeness (QED) is 0.813. The molecular weight excluding hydrogens is 252 g/mol. The van der Waals surface area contributed by atoms with Crippen molar-refractivity contribution in [2.45, 2.75) is 26.1 Å². The fourth-order valence-corrected chi connectivity index (χ4v) is 4.90. The highest BCUT2D eigenvalue weighted by Gasteiger charge is 2.61. The molecule has 4 aliphatic rings. The summed E-state index contributed by atoms with van der Waals surface area (Å²) in [4.78, 5) is 4.98. The molecule has 4 nitrogen and oxygen atoms in total. The highest BCUT2D eigenvalue weighted by atomic mass is 16.3. The van der Waals surface area contributed by atoms with Crippen LogP contribution >= 0.6 is 0 Å². The normalized spacial score (nSPS) is 49.5. The van der Waals surface area contributed by atoms with Crippen molar-refractivity contribution >= 4 is 0 Å². The van der Waals surface area contributed by atoms with Gasteiger partial charge in [-0.05, 0) is 17.7 Å². The number of aliphatic hydroxyl groups excluding tert-OH is 1. The van der Waals surface area contributed by atoms with Crippen molar-refractivity contribution in [2.75, 3.05) is 26.2 Å². The van der Waals surface area contributed by atoms with Crippen LogP contribution in [0.3, 0.4) is 0 Å². The van der Waals surface area contributed by atoms with E-state index in [1.807, 2.05) is 12.1 Å². The minimum absolute atomic E-state index is 0.0152. The number of phenols is 1. The smallest absolute Gasteiger partial charge is 0.115 e. The predicted molar refractivity (Wildman–Crippen MR) is 76.2 cm³/mol. The lowest BCUT2D eigenvalue weighted by Gasteiger charge is -2.68. The van der Waals surface area contributed by atoms with Gasteiger partial charge in [-0.2, -0.15) is 0 Å². The Kier molecular flexibility index (Phi) is 2.37. The third-order valence-electron chi connectivity index (χ3n) is 5.46. The number of hydrogen-bond donors (Lipinski definition) is 2. The summed E-state index contributed by atoms with van der Waals surface area (Å²) in [6.45, 7) is 8.22. The summed E-state index contributed by atoms with van der Waals surface area (Å²) in [5.74, 6) is 0.317. The van der Waals surface area contributed by atoms with Gasteiger partial charge >= 0.3 is 0 Å². The molecule has 4 aliphatic heterocycles. The van der Waals surface area contributed by atoms with E-state index in [0.29, 0.717) is 11.9 Å². The summed E-state index contributed by atoms with van der Waals surface area (Å²) in [6, 6.07) is 7.56. The van der Waals surface area contributed by atoms with E-state index in [0.717, 1.165) is 26.2 Å². The molecule has 5 rings (SSSR count). The van der Waals surface area contributed by atoms with Crippen molar-refractivity contribution in [1.82, 2.24) is 9.80 Å². The fourth-order valence-electron chi connectivity index (χ4n) is 4.90. The first kappa shape index (κ1) is 12.6. The van der Waals surface area contributed by atoms with Crippen molar-refractivity contribution < 1.29 is 10.2 Å². The molecule has 0 amide bonds. The molecule has 4 bridgehead atoms. The third kappa shape index (κ3) is 1.53. The first-order chi connectivity index (χ1) is 9.41. The number of phenolic OH excluding ortho intramolecular Hbond substituents is 1. The standard InChI is InChI=1S/C16H22N2O2/c1-15-7-17-9-16(2,14(15)20)10-18(8-15)13(17)11-3-5-12(19)6-4-11/h3-6,13-14,19-20H,7-10H2,1-2H3. The zero-order chi connectivity index (χ0) is 14.1. The number of piperidine rings is 2. The summed E-state index contributed by atoms with van der Waals surface area (Å²) < 4.78 is 0. The molecule has 108 valence electrons. The van der Waals surface area contributed by atoms with Crippen molar-refractivity contribution in [2.24, 2.45) is 10.8 Å². The largest absolute Gasteiger partial charge is 0.508 e. The second-order valence-corrected chi connectivity index (χ2v) is 7.49. The maximum atomic E-state index is 10.7. The Morgan fingerprint density at radius 2 is 1.40 bits per heavy atom. The van der Waals surface area contributed by atoms with E-state index in [4.69, 9.17) is 0 Å². The molecule has 0 aliphatic carbocycles. The monoisotopic (exact) mass is 274 g/mol.